The Morgan fingerprint density at radius 2 is 2.05 bits per heavy atom. The SMILES string of the molecule is Cc1onc(-c2ccccc2Cl)c1C(=O)NCC(C)(C)N.Cl. The molecule has 22 heavy (non-hydrogen) atoms. The lowest BCUT2D eigenvalue weighted by Crippen LogP contribution is -2.45. The predicted octanol–water partition coefficient (Wildman–Crippen LogP) is 3.19. The van der Waals surface area contributed by atoms with E-state index in [1.807, 2.05) is 26.0 Å². The fraction of sp³-hybridized carbons (Fsp3) is 0.333. The minimum absolute atomic E-state index is 0. The summed E-state index contributed by atoms with van der Waals surface area (Å²) in [5.41, 5.74) is 6.86. The van der Waals surface area contributed by atoms with E-state index in [4.69, 9.17) is 21.9 Å². The van der Waals surface area contributed by atoms with Crippen LogP contribution in [0.2, 0.25) is 5.02 Å². The maximum Gasteiger partial charge on any atom is 0.257 e. The van der Waals surface area contributed by atoms with Gasteiger partial charge >= 0.3 is 0 Å². The van der Waals surface area contributed by atoms with Crippen molar-refractivity contribution in [2.45, 2.75) is 26.3 Å². The Balaban J connectivity index is 0.00000242. The molecule has 2 aromatic rings. The van der Waals surface area contributed by atoms with Gasteiger partial charge in [-0.2, -0.15) is 0 Å². The van der Waals surface area contributed by atoms with Gasteiger partial charge in [0.05, 0.1) is 5.02 Å². The van der Waals surface area contributed by atoms with Crippen LogP contribution in [0.25, 0.3) is 11.3 Å². The smallest absolute Gasteiger partial charge is 0.257 e. The van der Waals surface area contributed by atoms with E-state index in [1.165, 1.54) is 0 Å². The summed E-state index contributed by atoms with van der Waals surface area (Å²) in [6, 6.07) is 7.18. The lowest BCUT2D eigenvalue weighted by molar-refractivity contribution is 0.0945. The molecule has 0 spiro atoms. The quantitative estimate of drug-likeness (QED) is 0.893. The summed E-state index contributed by atoms with van der Waals surface area (Å²) in [7, 11) is 0. The molecule has 0 atom stereocenters. The molecule has 0 aliphatic heterocycles. The zero-order valence-corrected chi connectivity index (χ0v) is 14.2. The van der Waals surface area contributed by atoms with E-state index in [-0.39, 0.29) is 18.3 Å². The molecule has 1 amide bonds. The minimum Gasteiger partial charge on any atom is -0.360 e. The largest absolute Gasteiger partial charge is 0.360 e. The van der Waals surface area contributed by atoms with Gasteiger partial charge in [0.25, 0.3) is 5.91 Å². The average Bonchev–Trinajstić information content (AvgIpc) is 2.77. The second-order valence-electron chi connectivity index (χ2n) is 5.61. The van der Waals surface area contributed by atoms with E-state index >= 15 is 0 Å². The molecule has 0 aliphatic carbocycles. The second kappa shape index (κ2) is 7.13. The Morgan fingerprint density at radius 3 is 2.64 bits per heavy atom. The molecule has 0 saturated carbocycles. The monoisotopic (exact) mass is 343 g/mol. The highest BCUT2D eigenvalue weighted by molar-refractivity contribution is 6.33. The zero-order chi connectivity index (χ0) is 15.6. The molecule has 3 N–H and O–H groups in total. The lowest BCUT2D eigenvalue weighted by atomic mass is 10.0. The number of carbonyl (C=O) groups is 1. The molecule has 120 valence electrons. The van der Waals surface area contributed by atoms with Gasteiger partial charge in [-0.05, 0) is 26.8 Å². The van der Waals surface area contributed by atoms with Gasteiger partial charge in [0.15, 0.2) is 0 Å². The van der Waals surface area contributed by atoms with E-state index in [9.17, 15) is 4.79 Å². The van der Waals surface area contributed by atoms with Crippen LogP contribution in [-0.4, -0.2) is 23.1 Å². The fourth-order valence-corrected chi connectivity index (χ4v) is 2.10. The number of benzene rings is 1. The Hall–Kier alpha value is -1.56. The first-order chi connectivity index (χ1) is 9.79. The van der Waals surface area contributed by atoms with Gasteiger partial charge in [-0.15, -0.1) is 12.4 Å². The Kier molecular flexibility index (Phi) is 6.00. The number of nitrogens with one attached hydrogen (secondary N) is 1. The number of hydrogen-bond acceptors (Lipinski definition) is 4. The summed E-state index contributed by atoms with van der Waals surface area (Å²) in [6.07, 6.45) is 0. The van der Waals surface area contributed by atoms with Crippen molar-refractivity contribution in [3.8, 4) is 11.3 Å². The number of halogens is 2. The number of aromatic nitrogens is 1. The molecule has 2 rings (SSSR count). The molecule has 0 fully saturated rings. The number of amides is 1. The molecule has 0 radical (unpaired) electrons. The summed E-state index contributed by atoms with van der Waals surface area (Å²) in [6.45, 7) is 5.71. The summed E-state index contributed by atoms with van der Waals surface area (Å²) in [4.78, 5) is 12.4. The molecular weight excluding hydrogens is 325 g/mol. The van der Waals surface area contributed by atoms with E-state index < -0.39 is 5.54 Å². The van der Waals surface area contributed by atoms with Crippen molar-refractivity contribution >= 4 is 29.9 Å². The number of aryl methyl sites for hydroxylation is 1. The van der Waals surface area contributed by atoms with Crippen molar-refractivity contribution in [3.05, 3.63) is 40.6 Å². The van der Waals surface area contributed by atoms with Gasteiger partial charge < -0.3 is 15.6 Å². The summed E-state index contributed by atoms with van der Waals surface area (Å²) in [5, 5.41) is 7.26. The minimum atomic E-state index is -0.495. The van der Waals surface area contributed by atoms with Crippen molar-refractivity contribution in [2.24, 2.45) is 5.73 Å². The Bertz CT molecular complexity index is 663. The maximum atomic E-state index is 12.4. The first-order valence-electron chi connectivity index (χ1n) is 6.58. The van der Waals surface area contributed by atoms with Gasteiger partial charge in [-0.1, -0.05) is 35.0 Å². The van der Waals surface area contributed by atoms with Crippen LogP contribution in [-0.2, 0) is 0 Å². The van der Waals surface area contributed by atoms with Crippen LogP contribution < -0.4 is 11.1 Å². The first kappa shape index (κ1) is 18.5. The predicted molar refractivity (Wildman–Crippen MR) is 89.5 cm³/mol. The van der Waals surface area contributed by atoms with E-state index in [1.54, 1.807) is 19.1 Å². The van der Waals surface area contributed by atoms with Crippen LogP contribution in [0.1, 0.15) is 30.0 Å². The van der Waals surface area contributed by atoms with Gasteiger partial charge in [0.1, 0.15) is 17.0 Å². The molecule has 7 heteroatoms. The Morgan fingerprint density at radius 1 is 1.41 bits per heavy atom. The molecule has 1 heterocycles. The van der Waals surface area contributed by atoms with Crippen LogP contribution in [0.3, 0.4) is 0 Å². The van der Waals surface area contributed by atoms with Crippen LogP contribution >= 0.6 is 24.0 Å². The first-order valence-corrected chi connectivity index (χ1v) is 6.95. The van der Waals surface area contributed by atoms with Gasteiger partial charge in [-0.3, -0.25) is 4.79 Å². The summed E-state index contributed by atoms with van der Waals surface area (Å²) < 4.78 is 5.16. The zero-order valence-electron chi connectivity index (χ0n) is 12.6. The highest BCUT2D eigenvalue weighted by atomic mass is 35.5. The van der Waals surface area contributed by atoms with Crippen molar-refractivity contribution < 1.29 is 9.32 Å². The number of carbonyl (C=O) groups excluding carboxylic acids is 1. The van der Waals surface area contributed by atoms with Crippen LogP contribution in [0, 0.1) is 6.92 Å². The molecular formula is C15H19Cl2N3O2. The summed E-state index contributed by atoms with van der Waals surface area (Å²) >= 11 is 6.16. The third-order valence-corrected chi connectivity index (χ3v) is 3.25. The number of rotatable bonds is 4. The highest BCUT2D eigenvalue weighted by Gasteiger charge is 2.24. The van der Waals surface area contributed by atoms with Crippen molar-refractivity contribution in [3.63, 3.8) is 0 Å². The molecule has 0 aliphatic rings. The van der Waals surface area contributed by atoms with E-state index in [2.05, 4.69) is 10.5 Å². The molecule has 0 saturated heterocycles. The van der Waals surface area contributed by atoms with E-state index in [0.29, 0.717) is 34.1 Å². The van der Waals surface area contributed by atoms with Crippen LogP contribution in [0.15, 0.2) is 28.8 Å². The molecule has 0 unspecified atom stereocenters. The standard InChI is InChI=1S/C15H18ClN3O2.ClH/c1-9-12(14(20)18-8-15(2,3)17)13(19-21-9)10-6-4-5-7-11(10)16;/h4-7H,8,17H2,1-3H3,(H,18,20);1H. The molecule has 1 aromatic carbocycles. The van der Waals surface area contributed by atoms with Gasteiger partial charge in [-0.25, -0.2) is 0 Å². The maximum absolute atomic E-state index is 12.4. The molecule has 5 nitrogen and oxygen atoms in total. The number of nitrogens with two attached hydrogens (primary N) is 1. The average molecular weight is 344 g/mol. The summed E-state index contributed by atoms with van der Waals surface area (Å²) in [5.74, 6) is 0.166. The van der Waals surface area contributed by atoms with Crippen LogP contribution in [0.5, 0.6) is 0 Å². The third kappa shape index (κ3) is 4.22. The lowest BCUT2D eigenvalue weighted by Gasteiger charge is -2.18. The molecule has 1 aromatic heterocycles. The van der Waals surface area contributed by atoms with E-state index in [0.717, 1.165) is 0 Å². The van der Waals surface area contributed by atoms with Gasteiger partial charge in [0.2, 0.25) is 0 Å². The number of hydrogen-bond donors (Lipinski definition) is 2. The number of nitrogens with zero attached hydrogens (tertiary/aromatic N) is 1. The topological polar surface area (TPSA) is 81.2 Å². The highest BCUT2D eigenvalue weighted by Crippen LogP contribution is 2.30. The van der Waals surface area contributed by atoms with Crippen molar-refractivity contribution in [2.75, 3.05) is 6.54 Å². The third-order valence-electron chi connectivity index (χ3n) is 2.92. The second-order valence-corrected chi connectivity index (χ2v) is 6.02. The van der Waals surface area contributed by atoms with Gasteiger partial charge in [0, 0.05) is 17.6 Å². The molecule has 0 bridgehead atoms. The van der Waals surface area contributed by atoms with Crippen LogP contribution in [0.4, 0.5) is 0 Å². The normalized spacial score (nSPS) is 11.0. The van der Waals surface area contributed by atoms with Crippen molar-refractivity contribution in [1.29, 1.82) is 0 Å². The Labute approximate surface area is 140 Å². The van der Waals surface area contributed by atoms with Crippen molar-refractivity contribution in [1.82, 2.24) is 10.5 Å². The fourth-order valence-electron chi connectivity index (χ4n) is 1.87.